The molecule has 0 saturated carbocycles. The third kappa shape index (κ3) is 4.14. The third-order valence-electron chi connectivity index (χ3n) is 5.50. The lowest BCUT2D eigenvalue weighted by Crippen LogP contribution is -2.67. The van der Waals surface area contributed by atoms with Crippen LogP contribution in [0.5, 0.6) is 0 Å². The Morgan fingerprint density at radius 3 is 1.92 bits per heavy atom. The Hall–Kier alpha value is -0.783. The van der Waals surface area contributed by atoms with Crippen molar-refractivity contribution in [2.45, 2.75) is 87.4 Å². The van der Waals surface area contributed by atoms with Gasteiger partial charge < -0.3 is 9.74 Å². The Balaban J connectivity index is 2.13. The molecule has 3 atom stereocenters. The first-order chi connectivity index (χ1) is 11.7. The van der Waals surface area contributed by atoms with Crippen LogP contribution >= 0.6 is 11.8 Å². The first-order valence-corrected chi connectivity index (χ1v) is 12.4. The van der Waals surface area contributed by atoms with E-state index in [1.807, 2.05) is 18.2 Å². The second-order valence-corrected chi connectivity index (χ2v) is 14.6. The lowest BCUT2D eigenvalue weighted by molar-refractivity contribution is -0.129. The molecule has 1 aromatic rings. The number of hydrogen-bond donors (Lipinski definition) is 1. The largest absolute Gasteiger partial charge is 0.411 e. The molecule has 1 aromatic carbocycles. The van der Waals surface area contributed by atoms with Gasteiger partial charge in [-0.3, -0.25) is 4.79 Å². The van der Waals surface area contributed by atoms with Gasteiger partial charge in [-0.2, -0.15) is 0 Å². The van der Waals surface area contributed by atoms with Crippen molar-refractivity contribution in [2.75, 3.05) is 0 Å². The number of carbonyl (C=O) groups excluding carboxylic acids is 1. The number of amides is 1. The fraction of sp³-hybridized carbons (Fsp3) is 0.650. The number of benzene rings is 1. The molecule has 0 aliphatic carbocycles. The van der Waals surface area contributed by atoms with E-state index >= 15 is 0 Å². The van der Waals surface area contributed by atoms with E-state index in [1.54, 1.807) is 11.8 Å². The minimum atomic E-state index is -1.94. The van der Waals surface area contributed by atoms with Gasteiger partial charge in [0, 0.05) is 4.90 Å². The first kappa shape index (κ1) is 20.5. The molecule has 1 heterocycles. The van der Waals surface area contributed by atoms with E-state index in [4.69, 9.17) is 4.43 Å². The predicted octanol–water partition coefficient (Wildman–Crippen LogP) is 5.23. The van der Waals surface area contributed by atoms with E-state index in [9.17, 15) is 4.79 Å². The summed E-state index contributed by atoms with van der Waals surface area (Å²) in [5.41, 5.74) is 1.64. The van der Waals surface area contributed by atoms with Gasteiger partial charge in [0.25, 0.3) is 0 Å². The van der Waals surface area contributed by atoms with Gasteiger partial charge in [0.1, 0.15) is 5.25 Å². The molecule has 1 amide bonds. The summed E-state index contributed by atoms with van der Waals surface area (Å²) < 4.78 is 6.85. The van der Waals surface area contributed by atoms with Crippen LogP contribution < -0.4 is 5.32 Å². The van der Waals surface area contributed by atoms with Crippen LogP contribution in [-0.4, -0.2) is 31.6 Å². The molecule has 3 nitrogen and oxygen atoms in total. The lowest BCUT2D eigenvalue weighted by Gasteiger charge is -2.48. The zero-order valence-electron chi connectivity index (χ0n) is 16.6. The number of nitrogens with one attached hydrogen (secondary N) is 1. The summed E-state index contributed by atoms with van der Waals surface area (Å²) in [4.78, 5) is 13.3. The lowest BCUT2D eigenvalue weighted by atomic mass is 10.0. The monoisotopic (exact) mass is 379 g/mol. The number of β-lactam (4-membered cyclic amide) rings is 1. The molecule has 140 valence electrons. The van der Waals surface area contributed by atoms with E-state index in [0.29, 0.717) is 16.6 Å². The van der Waals surface area contributed by atoms with E-state index < -0.39 is 8.32 Å². The van der Waals surface area contributed by atoms with Crippen LogP contribution in [0.2, 0.25) is 16.6 Å². The van der Waals surface area contributed by atoms with Crippen LogP contribution in [-0.2, 0) is 9.22 Å². The average molecular weight is 380 g/mol. The molecular formula is C20H33NO2SSi. The second-order valence-electron chi connectivity index (χ2n) is 8.03. The Kier molecular flexibility index (Phi) is 6.79. The normalized spacial score (nSPS) is 22.2. The molecule has 0 bridgehead atoms. The highest BCUT2D eigenvalue weighted by atomic mass is 32.2. The number of rotatable bonds is 8. The SMILES string of the molecule is CC(C)[Si](O[C@@H](C)[C@@H]1NC(=O)[C@H]1Sc1ccccc1)(C(C)C)C(C)C. The average Bonchev–Trinajstić information content (AvgIpc) is 2.55. The van der Waals surface area contributed by atoms with E-state index in [1.165, 1.54) is 0 Å². The van der Waals surface area contributed by atoms with Crippen molar-refractivity contribution in [2.24, 2.45) is 0 Å². The van der Waals surface area contributed by atoms with Crippen molar-refractivity contribution in [3.8, 4) is 0 Å². The highest BCUT2D eigenvalue weighted by Crippen LogP contribution is 2.44. The quantitative estimate of drug-likeness (QED) is 0.497. The van der Waals surface area contributed by atoms with Crippen molar-refractivity contribution in [3.05, 3.63) is 30.3 Å². The summed E-state index contributed by atoms with van der Waals surface area (Å²) in [5.74, 6) is 0.125. The van der Waals surface area contributed by atoms with Gasteiger partial charge in [0.15, 0.2) is 0 Å². The topological polar surface area (TPSA) is 38.3 Å². The molecule has 5 heteroatoms. The first-order valence-electron chi connectivity index (χ1n) is 9.40. The summed E-state index contributed by atoms with van der Waals surface area (Å²) in [6, 6.07) is 10.2. The Morgan fingerprint density at radius 1 is 0.960 bits per heavy atom. The maximum atomic E-state index is 12.1. The molecule has 1 aliphatic rings. The van der Waals surface area contributed by atoms with Crippen LogP contribution in [0.15, 0.2) is 35.2 Å². The molecule has 2 rings (SSSR count). The molecule has 0 spiro atoms. The van der Waals surface area contributed by atoms with Crippen molar-refractivity contribution in [1.29, 1.82) is 0 Å². The van der Waals surface area contributed by atoms with E-state index in [0.717, 1.165) is 4.90 Å². The summed E-state index contributed by atoms with van der Waals surface area (Å²) >= 11 is 1.65. The fourth-order valence-electron chi connectivity index (χ4n) is 4.33. The standard InChI is InChI=1S/C20H33NO2SSi/c1-13(2)25(14(3)4,15(5)6)23-16(7)18-19(20(22)21-18)24-17-11-9-8-10-12-17/h8-16,18-19H,1-7H3,(H,21,22)/t16-,18-,19-/m0/s1. The van der Waals surface area contributed by atoms with Gasteiger partial charge >= 0.3 is 0 Å². The van der Waals surface area contributed by atoms with E-state index in [-0.39, 0.29) is 23.3 Å². The molecule has 0 radical (unpaired) electrons. The summed E-state index contributed by atoms with van der Waals surface area (Å²) in [5, 5.41) is 3.03. The van der Waals surface area contributed by atoms with Crippen LogP contribution in [0.3, 0.4) is 0 Å². The molecule has 1 fully saturated rings. The minimum Gasteiger partial charge on any atom is -0.411 e. The number of hydrogen-bond acceptors (Lipinski definition) is 3. The molecule has 1 saturated heterocycles. The number of thioether (sulfide) groups is 1. The van der Waals surface area contributed by atoms with Gasteiger partial charge in [-0.15, -0.1) is 11.8 Å². The third-order valence-corrected chi connectivity index (χ3v) is 13.0. The highest BCUT2D eigenvalue weighted by Gasteiger charge is 2.50. The number of carbonyl (C=O) groups is 1. The Labute approximate surface area is 158 Å². The zero-order valence-corrected chi connectivity index (χ0v) is 18.4. The van der Waals surface area contributed by atoms with Crippen LogP contribution in [0.4, 0.5) is 0 Å². The molecule has 0 unspecified atom stereocenters. The summed E-state index contributed by atoms with van der Waals surface area (Å²) in [6.45, 7) is 15.9. The van der Waals surface area contributed by atoms with Crippen LogP contribution in [0.25, 0.3) is 0 Å². The predicted molar refractivity (Wildman–Crippen MR) is 110 cm³/mol. The van der Waals surface area contributed by atoms with Gasteiger partial charge in [-0.1, -0.05) is 59.7 Å². The van der Waals surface area contributed by atoms with Crippen LogP contribution in [0, 0.1) is 0 Å². The van der Waals surface area contributed by atoms with Crippen LogP contribution in [0.1, 0.15) is 48.5 Å². The maximum absolute atomic E-state index is 12.1. The van der Waals surface area contributed by atoms with Gasteiger partial charge in [-0.05, 0) is 35.7 Å². The maximum Gasteiger partial charge on any atom is 0.236 e. The van der Waals surface area contributed by atoms with Gasteiger partial charge in [0.2, 0.25) is 14.2 Å². The Bertz CT molecular complexity index is 555. The molecule has 1 N–H and O–H groups in total. The van der Waals surface area contributed by atoms with Crippen molar-refractivity contribution in [1.82, 2.24) is 5.32 Å². The van der Waals surface area contributed by atoms with Gasteiger partial charge in [0.05, 0.1) is 12.1 Å². The zero-order chi connectivity index (χ0) is 18.8. The smallest absolute Gasteiger partial charge is 0.236 e. The molecule has 1 aliphatic heterocycles. The molecule has 0 aromatic heterocycles. The van der Waals surface area contributed by atoms with E-state index in [2.05, 4.69) is 65.9 Å². The summed E-state index contributed by atoms with van der Waals surface area (Å²) in [7, 11) is -1.94. The fourth-order valence-corrected chi connectivity index (χ4v) is 11.2. The molecule has 25 heavy (non-hydrogen) atoms. The highest BCUT2D eigenvalue weighted by molar-refractivity contribution is 8.00. The van der Waals surface area contributed by atoms with Crippen molar-refractivity contribution in [3.63, 3.8) is 0 Å². The molecular weight excluding hydrogens is 346 g/mol. The summed E-state index contributed by atoms with van der Waals surface area (Å²) in [6.07, 6.45) is 0.0396. The van der Waals surface area contributed by atoms with Crippen molar-refractivity contribution >= 4 is 26.0 Å². The van der Waals surface area contributed by atoms with Crippen molar-refractivity contribution < 1.29 is 9.22 Å². The Morgan fingerprint density at radius 2 is 1.48 bits per heavy atom. The minimum absolute atomic E-state index is 0.0396. The van der Waals surface area contributed by atoms with Gasteiger partial charge in [-0.25, -0.2) is 0 Å². The second kappa shape index (κ2) is 8.27.